The monoisotopic (exact) mass is 341 g/mol. The summed E-state index contributed by atoms with van der Waals surface area (Å²) in [6.07, 6.45) is 0. The van der Waals surface area contributed by atoms with Gasteiger partial charge in [0.1, 0.15) is 5.82 Å². The molecule has 1 aliphatic heterocycles. The summed E-state index contributed by atoms with van der Waals surface area (Å²) in [5.41, 5.74) is 3.63. The van der Waals surface area contributed by atoms with Gasteiger partial charge in [-0.25, -0.2) is 9.18 Å². The Balaban J connectivity index is 1.51. The predicted molar refractivity (Wildman–Crippen MR) is 98.2 cm³/mol. The molecule has 3 rings (SSSR count). The van der Waals surface area contributed by atoms with Crippen LogP contribution >= 0.6 is 0 Å². The molecule has 25 heavy (non-hydrogen) atoms. The van der Waals surface area contributed by atoms with Crippen LogP contribution < -0.4 is 5.32 Å². The maximum Gasteiger partial charge on any atom is 0.321 e. The molecule has 2 aromatic carbocycles. The van der Waals surface area contributed by atoms with Gasteiger partial charge in [0.2, 0.25) is 0 Å². The van der Waals surface area contributed by atoms with Gasteiger partial charge in [-0.2, -0.15) is 0 Å². The highest BCUT2D eigenvalue weighted by Crippen LogP contribution is 2.15. The highest BCUT2D eigenvalue weighted by molar-refractivity contribution is 5.89. The van der Waals surface area contributed by atoms with E-state index in [4.69, 9.17) is 0 Å². The SMILES string of the molecule is Cc1cccc(CN2CCN(C(=O)Nc3ccc(C)c(F)c3)CC2)c1. The van der Waals surface area contributed by atoms with Gasteiger partial charge in [-0.05, 0) is 37.1 Å². The van der Waals surface area contributed by atoms with Gasteiger partial charge in [-0.1, -0.05) is 35.9 Å². The number of amides is 2. The predicted octanol–water partition coefficient (Wildman–Crippen LogP) is 3.79. The van der Waals surface area contributed by atoms with Crippen LogP contribution in [-0.2, 0) is 6.54 Å². The van der Waals surface area contributed by atoms with Crippen molar-refractivity contribution in [3.8, 4) is 0 Å². The maximum atomic E-state index is 13.6. The molecule has 0 radical (unpaired) electrons. The van der Waals surface area contributed by atoms with Crippen LogP contribution in [0.5, 0.6) is 0 Å². The second-order valence-corrected chi connectivity index (χ2v) is 6.65. The van der Waals surface area contributed by atoms with Crippen molar-refractivity contribution in [2.45, 2.75) is 20.4 Å². The van der Waals surface area contributed by atoms with Crippen molar-refractivity contribution in [3.05, 3.63) is 65.0 Å². The molecule has 1 saturated heterocycles. The number of hydrogen-bond acceptors (Lipinski definition) is 2. The second-order valence-electron chi connectivity index (χ2n) is 6.65. The lowest BCUT2D eigenvalue weighted by atomic mass is 10.1. The molecule has 2 aromatic rings. The lowest BCUT2D eigenvalue weighted by molar-refractivity contribution is 0.143. The number of carbonyl (C=O) groups is 1. The summed E-state index contributed by atoms with van der Waals surface area (Å²) in [5, 5.41) is 2.78. The van der Waals surface area contributed by atoms with Gasteiger partial charge in [0.05, 0.1) is 0 Å². The minimum Gasteiger partial charge on any atom is -0.322 e. The Bertz CT molecular complexity index is 754. The molecule has 0 aliphatic carbocycles. The molecule has 2 amide bonds. The Morgan fingerprint density at radius 3 is 2.52 bits per heavy atom. The Morgan fingerprint density at radius 2 is 1.84 bits per heavy atom. The number of nitrogens with one attached hydrogen (secondary N) is 1. The molecule has 0 atom stereocenters. The van der Waals surface area contributed by atoms with Crippen molar-refractivity contribution in [1.82, 2.24) is 9.80 Å². The standard InChI is InChI=1S/C20H24FN3O/c1-15-4-3-5-17(12-15)14-23-8-10-24(11-9-23)20(25)22-18-7-6-16(2)19(21)13-18/h3-7,12-13H,8-11,14H2,1-2H3,(H,22,25). The lowest BCUT2D eigenvalue weighted by Gasteiger charge is -2.34. The van der Waals surface area contributed by atoms with Crippen molar-refractivity contribution in [3.63, 3.8) is 0 Å². The van der Waals surface area contributed by atoms with E-state index >= 15 is 0 Å². The van der Waals surface area contributed by atoms with E-state index in [2.05, 4.69) is 41.4 Å². The fourth-order valence-electron chi connectivity index (χ4n) is 3.05. The van der Waals surface area contributed by atoms with Crippen LogP contribution in [0.2, 0.25) is 0 Å². The lowest BCUT2D eigenvalue weighted by Crippen LogP contribution is -2.49. The number of hydrogen-bond donors (Lipinski definition) is 1. The van der Waals surface area contributed by atoms with Crippen LogP contribution in [0.3, 0.4) is 0 Å². The van der Waals surface area contributed by atoms with Crippen molar-refractivity contribution < 1.29 is 9.18 Å². The van der Waals surface area contributed by atoms with Crippen molar-refractivity contribution >= 4 is 11.7 Å². The molecule has 4 nitrogen and oxygen atoms in total. The largest absolute Gasteiger partial charge is 0.322 e. The van der Waals surface area contributed by atoms with E-state index in [0.29, 0.717) is 24.3 Å². The molecular weight excluding hydrogens is 317 g/mol. The number of halogens is 1. The minimum absolute atomic E-state index is 0.168. The first kappa shape index (κ1) is 17.4. The quantitative estimate of drug-likeness (QED) is 0.922. The summed E-state index contributed by atoms with van der Waals surface area (Å²) in [6, 6.07) is 13.1. The number of anilines is 1. The van der Waals surface area contributed by atoms with Gasteiger partial charge in [0.25, 0.3) is 0 Å². The van der Waals surface area contributed by atoms with Crippen LogP contribution in [0.25, 0.3) is 0 Å². The van der Waals surface area contributed by atoms with E-state index in [1.807, 2.05) is 0 Å². The van der Waals surface area contributed by atoms with Gasteiger partial charge in [0.15, 0.2) is 0 Å². The first-order valence-corrected chi connectivity index (χ1v) is 8.61. The van der Waals surface area contributed by atoms with Gasteiger partial charge < -0.3 is 10.2 Å². The highest BCUT2D eigenvalue weighted by atomic mass is 19.1. The Morgan fingerprint density at radius 1 is 1.08 bits per heavy atom. The van der Waals surface area contributed by atoms with Gasteiger partial charge >= 0.3 is 6.03 Å². The van der Waals surface area contributed by atoms with E-state index in [1.165, 1.54) is 17.2 Å². The molecule has 0 bridgehead atoms. The molecule has 1 aliphatic rings. The van der Waals surface area contributed by atoms with Crippen molar-refractivity contribution in [2.75, 3.05) is 31.5 Å². The molecule has 132 valence electrons. The summed E-state index contributed by atoms with van der Waals surface area (Å²) in [4.78, 5) is 16.5. The number of urea groups is 1. The molecule has 5 heteroatoms. The number of nitrogens with zero attached hydrogens (tertiary/aromatic N) is 2. The summed E-state index contributed by atoms with van der Waals surface area (Å²) in [6.45, 7) is 7.72. The third kappa shape index (κ3) is 4.57. The smallest absolute Gasteiger partial charge is 0.321 e. The second kappa shape index (κ2) is 7.66. The molecular formula is C20H24FN3O. The van der Waals surface area contributed by atoms with Crippen LogP contribution in [0, 0.1) is 19.7 Å². The van der Waals surface area contributed by atoms with E-state index in [-0.39, 0.29) is 11.8 Å². The van der Waals surface area contributed by atoms with Crippen molar-refractivity contribution in [2.24, 2.45) is 0 Å². The summed E-state index contributed by atoms with van der Waals surface area (Å²) in [7, 11) is 0. The molecule has 0 saturated carbocycles. The zero-order valence-corrected chi connectivity index (χ0v) is 14.8. The normalized spacial score (nSPS) is 15.2. The Labute approximate surface area is 148 Å². The van der Waals surface area contributed by atoms with Crippen LogP contribution in [0.15, 0.2) is 42.5 Å². The number of benzene rings is 2. The number of rotatable bonds is 3. The summed E-state index contributed by atoms with van der Waals surface area (Å²) in [5.74, 6) is -0.305. The van der Waals surface area contributed by atoms with Crippen LogP contribution in [-0.4, -0.2) is 42.0 Å². The summed E-state index contributed by atoms with van der Waals surface area (Å²) < 4.78 is 13.6. The zero-order valence-electron chi connectivity index (χ0n) is 14.8. The minimum atomic E-state index is -0.305. The van der Waals surface area contributed by atoms with Crippen LogP contribution in [0.1, 0.15) is 16.7 Å². The van der Waals surface area contributed by atoms with E-state index in [0.717, 1.165) is 19.6 Å². The van der Waals surface area contributed by atoms with Gasteiger partial charge in [-0.15, -0.1) is 0 Å². The average molecular weight is 341 g/mol. The average Bonchev–Trinajstić information content (AvgIpc) is 2.59. The zero-order chi connectivity index (χ0) is 17.8. The molecule has 1 fully saturated rings. The molecule has 0 spiro atoms. The maximum absolute atomic E-state index is 13.6. The number of aryl methyl sites for hydroxylation is 2. The number of piperazine rings is 1. The first-order valence-electron chi connectivity index (χ1n) is 8.61. The van der Waals surface area contributed by atoms with Crippen LogP contribution in [0.4, 0.5) is 14.9 Å². The third-order valence-corrected chi connectivity index (χ3v) is 4.57. The molecule has 0 unspecified atom stereocenters. The molecule has 0 aromatic heterocycles. The number of carbonyl (C=O) groups excluding carboxylic acids is 1. The Hall–Kier alpha value is -2.40. The molecule has 1 N–H and O–H groups in total. The Kier molecular flexibility index (Phi) is 5.34. The topological polar surface area (TPSA) is 35.6 Å². The van der Waals surface area contributed by atoms with Gasteiger partial charge in [0, 0.05) is 38.4 Å². The van der Waals surface area contributed by atoms with Gasteiger partial charge in [-0.3, -0.25) is 4.90 Å². The summed E-state index contributed by atoms with van der Waals surface area (Å²) >= 11 is 0. The fraction of sp³-hybridized carbons (Fsp3) is 0.350. The van der Waals surface area contributed by atoms with E-state index in [9.17, 15) is 9.18 Å². The molecule has 1 heterocycles. The van der Waals surface area contributed by atoms with Crippen molar-refractivity contribution in [1.29, 1.82) is 0 Å². The fourth-order valence-corrected chi connectivity index (χ4v) is 3.05. The van der Waals surface area contributed by atoms with E-state index in [1.54, 1.807) is 24.0 Å². The first-order chi connectivity index (χ1) is 12.0. The highest BCUT2D eigenvalue weighted by Gasteiger charge is 2.21. The van der Waals surface area contributed by atoms with E-state index < -0.39 is 0 Å². The third-order valence-electron chi connectivity index (χ3n) is 4.57.